The zero-order valence-electron chi connectivity index (χ0n) is 18.9. The number of para-hydroxylation sites is 1. The van der Waals surface area contributed by atoms with Crippen LogP contribution in [0.25, 0.3) is 10.9 Å². The summed E-state index contributed by atoms with van der Waals surface area (Å²) >= 11 is 0. The molecule has 5 rings (SSSR count). The van der Waals surface area contributed by atoms with Gasteiger partial charge in [-0.25, -0.2) is 0 Å². The Balaban J connectivity index is 1.10. The number of nitrogens with zero attached hydrogens (tertiary/aromatic N) is 4. The van der Waals surface area contributed by atoms with Crippen LogP contribution in [0.4, 0.5) is 0 Å². The van der Waals surface area contributed by atoms with Gasteiger partial charge in [-0.1, -0.05) is 30.3 Å². The molecule has 2 aliphatic heterocycles. The molecular formula is C26H28N4O3. The third-order valence-electron chi connectivity index (χ3n) is 6.75. The van der Waals surface area contributed by atoms with Crippen LogP contribution in [-0.2, 0) is 18.4 Å². The number of amides is 3. The Bertz CT molecular complexity index is 1190. The molecule has 3 heterocycles. The Morgan fingerprint density at radius 2 is 1.52 bits per heavy atom. The third kappa shape index (κ3) is 4.04. The minimum atomic E-state index is -0.259. The van der Waals surface area contributed by atoms with E-state index in [1.54, 1.807) is 24.3 Å². The normalized spacial score (nSPS) is 16.6. The molecule has 0 unspecified atom stereocenters. The van der Waals surface area contributed by atoms with E-state index >= 15 is 0 Å². The lowest BCUT2D eigenvalue weighted by molar-refractivity contribution is -0.133. The second-order valence-corrected chi connectivity index (χ2v) is 8.85. The van der Waals surface area contributed by atoms with E-state index < -0.39 is 0 Å². The zero-order valence-corrected chi connectivity index (χ0v) is 18.9. The standard InChI is InChI=1S/C26H28N4O3/c1-27-17-19(20-7-4-5-10-23(20)27)18-28-13-15-29(16-14-28)24(31)11-6-12-30-25(32)21-8-2-3-9-22(21)26(30)33/h2-5,7-10,17H,6,11-16,18H2,1H3. The number of aryl methyl sites for hydroxylation is 1. The van der Waals surface area contributed by atoms with Crippen molar-refractivity contribution in [3.05, 3.63) is 71.4 Å². The highest BCUT2D eigenvalue weighted by molar-refractivity contribution is 6.21. The molecule has 1 aromatic heterocycles. The molecule has 2 aromatic carbocycles. The van der Waals surface area contributed by atoms with E-state index in [0.29, 0.717) is 37.1 Å². The van der Waals surface area contributed by atoms with Gasteiger partial charge in [-0.15, -0.1) is 0 Å². The van der Waals surface area contributed by atoms with Crippen LogP contribution in [-0.4, -0.2) is 69.7 Å². The number of hydrogen-bond donors (Lipinski definition) is 0. The van der Waals surface area contributed by atoms with Crippen molar-refractivity contribution in [2.75, 3.05) is 32.7 Å². The van der Waals surface area contributed by atoms with E-state index in [-0.39, 0.29) is 24.3 Å². The number of imide groups is 1. The highest BCUT2D eigenvalue weighted by Gasteiger charge is 2.34. The van der Waals surface area contributed by atoms with Gasteiger partial charge in [0.1, 0.15) is 0 Å². The first-order valence-corrected chi connectivity index (χ1v) is 11.5. The van der Waals surface area contributed by atoms with Crippen molar-refractivity contribution in [3.8, 4) is 0 Å². The van der Waals surface area contributed by atoms with Crippen LogP contribution in [0.2, 0.25) is 0 Å². The average molecular weight is 445 g/mol. The summed E-state index contributed by atoms with van der Waals surface area (Å²) < 4.78 is 2.17. The van der Waals surface area contributed by atoms with E-state index in [1.807, 2.05) is 4.90 Å². The van der Waals surface area contributed by atoms with Gasteiger partial charge < -0.3 is 9.47 Å². The smallest absolute Gasteiger partial charge is 0.261 e. The summed E-state index contributed by atoms with van der Waals surface area (Å²) in [4.78, 5) is 43.2. The summed E-state index contributed by atoms with van der Waals surface area (Å²) in [7, 11) is 2.07. The van der Waals surface area contributed by atoms with Gasteiger partial charge in [0.2, 0.25) is 5.91 Å². The first-order valence-electron chi connectivity index (χ1n) is 11.5. The van der Waals surface area contributed by atoms with Gasteiger partial charge >= 0.3 is 0 Å². The first-order chi connectivity index (χ1) is 16.0. The highest BCUT2D eigenvalue weighted by Crippen LogP contribution is 2.24. The van der Waals surface area contributed by atoms with Gasteiger partial charge in [0.15, 0.2) is 0 Å². The second kappa shape index (κ2) is 8.83. The second-order valence-electron chi connectivity index (χ2n) is 8.85. The summed E-state index contributed by atoms with van der Waals surface area (Å²) in [6.45, 7) is 4.25. The fourth-order valence-corrected chi connectivity index (χ4v) is 4.94. The lowest BCUT2D eigenvalue weighted by atomic mass is 10.1. The van der Waals surface area contributed by atoms with Crippen molar-refractivity contribution in [2.24, 2.45) is 7.05 Å². The number of hydrogen-bond acceptors (Lipinski definition) is 4. The summed E-state index contributed by atoms with van der Waals surface area (Å²) in [5, 5.41) is 1.28. The zero-order chi connectivity index (χ0) is 22.9. The minimum absolute atomic E-state index is 0.0939. The number of rotatable bonds is 6. The van der Waals surface area contributed by atoms with Crippen LogP contribution in [0.15, 0.2) is 54.7 Å². The van der Waals surface area contributed by atoms with Crippen LogP contribution in [0.5, 0.6) is 0 Å². The lowest BCUT2D eigenvalue weighted by Crippen LogP contribution is -2.48. The molecule has 0 aliphatic carbocycles. The van der Waals surface area contributed by atoms with Crippen LogP contribution in [0.1, 0.15) is 39.1 Å². The molecule has 7 nitrogen and oxygen atoms in total. The maximum Gasteiger partial charge on any atom is 0.261 e. The molecule has 33 heavy (non-hydrogen) atoms. The fraction of sp³-hybridized carbons (Fsp3) is 0.346. The fourth-order valence-electron chi connectivity index (χ4n) is 4.94. The number of aromatic nitrogens is 1. The molecule has 1 fully saturated rings. The Labute approximate surface area is 193 Å². The predicted octanol–water partition coefficient (Wildman–Crippen LogP) is 2.90. The summed E-state index contributed by atoms with van der Waals surface area (Å²) in [6, 6.07) is 15.3. The number of carbonyl (C=O) groups is 3. The van der Waals surface area contributed by atoms with E-state index in [0.717, 1.165) is 19.6 Å². The molecule has 7 heteroatoms. The van der Waals surface area contributed by atoms with Crippen molar-refractivity contribution in [3.63, 3.8) is 0 Å². The Morgan fingerprint density at radius 1 is 0.879 bits per heavy atom. The molecule has 0 atom stereocenters. The van der Waals surface area contributed by atoms with Crippen molar-refractivity contribution in [1.82, 2.24) is 19.3 Å². The third-order valence-corrected chi connectivity index (χ3v) is 6.75. The van der Waals surface area contributed by atoms with E-state index in [1.165, 1.54) is 21.4 Å². The quantitative estimate of drug-likeness (QED) is 0.549. The summed E-state index contributed by atoms with van der Waals surface area (Å²) in [6.07, 6.45) is 3.03. The topological polar surface area (TPSA) is 65.9 Å². The van der Waals surface area contributed by atoms with E-state index in [2.05, 4.69) is 47.0 Å². The monoisotopic (exact) mass is 444 g/mol. The maximum absolute atomic E-state index is 12.7. The first kappa shape index (κ1) is 21.4. The minimum Gasteiger partial charge on any atom is -0.350 e. The largest absolute Gasteiger partial charge is 0.350 e. The SMILES string of the molecule is Cn1cc(CN2CCN(C(=O)CCCN3C(=O)c4ccccc4C3=O)CC2)c2ccccc21. The van der Waals surface area contributed by atoms with E-state index in [4.69, 9.17) is 0 Å². The molecule has 2 aliphatic rings. The number of carbonyl (C=O) groups excluding carboxylic acids is 3. The molecule has 0 saturated carbocycles. The maximum atomic E-state index is 12.7. The average Bonchev–Trinajstić information content (AvgIpc) is 3.28. The van der Waals surface area contributed by atoms with Crippen molar-refractivity contribution < 1.29 is 14.4 Å². The van der Waals surface area contributed by atoms with Gasteiger partial charge in [-0.05, 0) is 30.2 Å². The Kier molecular flexibility index (Phi) is 5.72. The van der Waals surface area contributed by atoms with Crippen LogP contribution in [0.3, 0.4) is 0 Å². The van der Waals surface area contributed by atoms with Gasteiger partial charge in [0, 0.05) is 69.8 Å². The van der Waals surface area contributed by atoms with Crippen LogP contribution >= 0.6 is 0 Å². The van der Waals surface area contributed by atoms with Gasteiger partial charge in [0.25, 0.3) is 11.8 Å². The highest BCUT2D eigenvalue weighted by atomic mass is 16.2. The van der Waals surface area contributed by atoms with E-state index in [9.17, 15) is 14.4 Å². The lowest BCUT2D eigenvalue weighted by Gasteiger charge is -2.34. The molecule has 1 saturated heterocycles. The molecule has 3 amide bonds. The summed E-state index contributed by atoms with van der Waals surface area (Å²) in [5.74, 6) is -0.424. The molecule has 0 spiro atoms. The molecule has 0 bridgehead atoms. The summed E-state index contributed by atoms with van der Waals surface area (Å²) in [5.41, 5.74) is 3.46. The molecular weight excluding hydrogens is 416 g/mol. The molecule has 0 N–H and O–H groups in total. The van der Waals surface area contributed by atoms with Crippen molar-refractivity contribution in [1.29, 1.82) is 0 Å². The van der Waals surface area contributed by atoms with Crippen LogP contribution in [0, 0.1) is 0 Å². The molecule has 0 radical (unpaired) electrons. The molecule has 170 valence electrons. The molecule has 3 aromatic rings. The van der Waals surface area contributed by atoms with Gasteiger partial charge in [-0.3, -0.25) is 24.2 Å². The Morgan fingerprint density at radius 3 is 2.21 bits per heavy atom. The van der Waals surface area contributed by atoms with Gasteiger partial charge in [-0.2, -0.15) is 0 Å². The predicted molar refractivity (Wildman–Crippen MR) is 126 cm³/mol. The number of fused-ring (bicyclic) bond motifs is 2. The number of benzene rings is 2. The number of piperazine rings is 1. The van der Waals surface area contributed by atoms with Gasteiger partial charge in [0.05, 0.1) is 11.1 Å². The van der Waals surface area contributed by atoms with Crippen molar-refractivity contribution >= 4 is 28.6 Å². The van der Waals surface area contributed by atoms with Crippen molar-refractivity contribution in [2.45, 2.75) is 19.4 Å². The Hall–Kier alpha value is -3.45. The van der Waals surface area contributed by atoms with Crippen LogP contribution < -0.4 is 0 Å².